The van der Waals surface area contributed by atoms with Crippen LogP contribution in [0.4, 0.5) is 10.5 Å². The third kappa shape index (κ3) is 1.88. The summed E-state index contributed by atoms with van der Waals surface area (Å²) in [5.74, 6) is -1.20. The van der Waals surface area contributed by atoms with Gasteiger partial charge in [-0.05, 0) is 31.2 Å². The number of carboxylic acid groups (broad SMARTS) is 1. The smallest absolute Gasteiger partial charge is 0.419 e. The van der Waals surface area contributed by atoms with E-state index < -0.39 is 12.1 Å². The van der Waals surface area contributed by atoms with Crippen molar-refractivity contribution in [2.45, 2.75) is 6.92 Å². The van der Waals surface area contributed by atoms with Crippen LogP contribution in [0.2, 0.25) is 0 Å². The summed E-state index contributed by atoms with van der Waals surface area (Å²) >= 11 is 0. The number of carbonyl (C=O) groups is 2. The minimum atomic E-state index is -1.20. The maximum Gasteiger partial charge on any atom is 0.419 e. The number of benzene rings is 1. The number of carboxylic acids is 1. The predicted molar refractivity (Wildman–Crippen MR) is 65.7 cm³/mol. The average molecular weight is 248 g/mol. The molecule has 0 saturated carbocycles. The fourth-order valence-electron chi connectivity index (χ4n) is 1.78. The first-order valence-corrected chi connectivity index (χ1v) is 5.36. The number of carbonyl (C=O) groups excluding carboxylic acids is 1. The van der Waals surface area contributed by atoms with Gasteiger partial charge in [0.15, 0.2) is 0 Å². The number of rotatable bonds is 2. The van der Waals surface area contributed by atoms with Crippen LogP contribution < -0.4 is 5.73 Å². The minimum Gasteiger partial charge on any atom is -0.477 e. The Labute approximate surface area is 103 Å². The molecule has 1 aromatic carbocycles. The van der Waals surface area contributed by atoms with E-state index in [1.165, 1.54) is 6.07 Å². The molecule has 0 radical (unpaired) electrons. The summed E-state index contributed by atoms with van der Waals surface area (Å²) in [5, 5.41) is 9.68. The molecule has 0 unspecified atom stereocenters. The number of anilines is 1. The number of ether oxygens (including phenoxy) is 1. The van der Waals surface area contributed by atoms with E-state index in [1.807, 2.05) is 0 Å². The van der Waals surface area contributed by atoms with Gasteiger partial charge in [0.05, 0.1) is 12.1 Å². The Hall–Kier alpha value is -2.50. The van der Waals surface area contributed by atoms with Crippen LogP contribution in [-0.4, -0.2) is 28.3 Å². The molecule has 6 nitrogen and oxygen atoms in total. The van der Waals surface area contributed by atoms with Crippen molar-refractivity contribution in [3.05, 3.63) is 30.0 Å². The highest BCUT2D eigenvalue weighted by molar-refractivity contribution is 6.01. The number of nitrogens with zero attached hydrogens (tertiary/aromatic N) is 1. The number of hydrogen-bond acceptors (Lipinski definition) is 4. The molecule has 0 aliphatic heterocycles. The van der Waals surface area contributed by atoms with Gasteiger partial charge in [-0.1, -0.05) is 0 Å². The highest BCUT2D eigenvalue weighted by Gasteiger charge is 2.20. The first-order chi connectivity index (χ1) is 8.54. The molecular formula is C12H12N2O4. The first-order valence-electron chi connectivity index (χ1n) is 5.36. The lowest BCUT2D eigenvalue weighted by Gasteiger charge is -2.06. The fourth-order valence-corrected chi connectivity index (χ4v) is 1.78. The Balaban J connectivity index is 2.70. The van der Waals surface area contributed by atoms with Gasteiger partial charge in [-0.2, -0.15) is 0 Å². The van der Waals surface area contributed by atoms with Gasteiger partial charge in [0, 0.05) is 11.1 Å². The van der Waals surface area contributed by atoms with Crippen LogP contribution in [0, 0.1) is 0 Å². The molecule has 0 spiro atoms. The molecule has 6 heteroatoms. The van der Waals surface area contributed by atoms with Crippen LogP contribution in [0.5, 0.6) is 0 Å². The van der Waals surface area contributed by atoms with Crippen LogP contribution >= 0.6 is 0 Å². The lowest BCUT2D eigenvalue weighted by Crippen LogP contribution is -2.18. The van der Waals surface area contributed by atoms with Crippen molar-refractivity contribution in [3.63, 3.8) is 0 Å². The van der Waals surface area contributed by atoms with E-state index in [-0.39, 0.29) is 12.3 Å². The largest absolute Gasteiger partial charge is 0.477 e. The van der Waals surface area contributed by atoms with Crippen molar-refractivity contribution in [1.29, 1.82) is 0 Å². The molecule has 3 N–H and O–H groups in total. The monoisotopic (exact) mass is 248 g/mol. The zero-order valence-corrected chi connectivity index (χ0v) is 9.71. The second-order valence-corrected chi connectivity index (χ2v) is 3.69. The molecule has 1 heterocycles. The zero-order valence-electron chi connectivity index (χ0n) is 9.71. The third-order valence-corrected chi connectivity index (χ3v) is 2.50. The molecular weight excluding hydrogens is 236 g/mol. The SMILES string of the molecule is CCOC(=O)n1c(C(=O)O)cc2cc(N)ccc21. The van der Waals surface area contributed by atoms with E-state index >= 15 is 0 Å². The van der Waals surface area contributed by atoms with Crippen molar-refractivity contribution in [3.8, 4) is 0 Å². The van der Waals surface area contributed by atoms with Crippen LogP contribution in [-0.2, 0) is 4.74 Å². The van der Waals surface area contributed by atoms with E-state index in [0.29, 0.717) is 16.6 Å². The molecule has 94 valence electrons. The van der Waals surface area contributed by atoms with Crippen molar-refractivity contribution in [2.75, 3.05) is 12.3 Å². The molecule has 0 aliphatic carbocycles. The Bertz CT molecular complexity index is 630. The quantitative estimate of drug-likeness (QED) is 0.792. The van der Waals surface area contributed by atoms with E-state index in [4.69, 9.17) is 15.6 Å². The average Bonchev–Trinajstić information content (AvgIpc) is 2.67. The number of aromatic carboxylic acids is 1. The van der Waals surface area contributed by atoms with Crippen LogP contribution in [0.15, 0.2) is 24.3 Å². The van der Waals surface area contributed by atoms with E-state index in [1.54, 1.807) is 25.1 Å². The van der Waals surface area contributed by atoms with Gasteiger partial charge in [0.2, 0.25) is 0 Å². The second-order valence-electron chi connectivity index (χ2n) is 3.69. The fraction of sp³-hybridized carbons (Fsp3) is 0.167. The summed E-state index contributed by atoms with van der Waals surface area (Å²) in [7, 11) is 0. The molecule has 1 aromatic heterocycles. The molecule has 0 saturated heterocycles. The Kier molecular flexibility index (Phi) is 2.93. The topological polar surface area (TPSA) is 94.5 Å². The lowest BCUT2D eigenvalue weighted by atomic mass is 10.2. The van der Waals surface area contributed by atoms with Crippen LogP contribution in [0.3, 0.4) is 0 Å². The summed E-state index contributed by atoms with van der Waals surface area (Å²) in [6, 6.07) is 6.19. The minimum absolute atomic E-state index is 0.144. The van der Waals surface area contributed by atoms with Gasteiger partial charge in [-0.15, -0.1) is 0 Å². The summed E-state index contributed by atoms with van der Waals surface area (Å²) < 4.78 is 5.87. The van der Waals surface area contributed by atoms with E-state index in [9.17, 15) is 9.59 Å². The van der Waals surface area contributed by atoms with Crippen LogP contribution in [0.25, 0.3) is 10.9 Å². The van der Waals surface area contributed by atoms with Crippen molar-refractivity contribution < 1.29 is 19.4 Å². The summed E-state index contributed by atoms with van der Waals surface area (Å²) in [6.45, 7) is 1.83. The molecule has 18 heavy (non-hydrogen) atoms. The predicted octanol–water partition coefficient (Wildman–Crippen LogP) is 1.93. The van der Waals surface area contributed by atoms with E-state index in [0.717, 1.165) is 4.57 Å². The molecule has 0 bridgehead atoms. The maximum absolute atomic E-state index is 11.8. The van der Waals surface area contributed by atoms with Gasteiger partial charge in [0.25, 0.3) is 0 Å². The van der Waals surface area contributed by atoms with Crippen molar-refractivity contribution in [2.24, 2.45) is 0 Å². The number of nitrogen functional groups attached to an aromatic ring is 1. The molecule has 0 aliphatic rings. The molecule has 2 aromatic rings. The molecule has 0 amide bonds. The van der Waals surface area contributed by atoms with E-state index in [2.05, 4.69) is 0 Å². The Morgan fingerprint density at radius 1 is 1.39 bits per heavy atom. The Morgan fingerprint density at radius 2 is 2.11 bits per heavy atom. The standard InChI is InChI=1S/C12H12N2O4/c1-2-18-12(17)14-9-4-3-8(13)5-7(9)6-10(14)11(15)16/h3-6H,2,13H2,1H3,(H,15,16). The summed E-state index contributed by atoms with van der Waals surface area (Å²) in [5.41, 5.74) is 6.44. The number of fused-ring (bicyclic) bond motifs is 1. The maximum atomic E-state index is 11.8. The first kappa shape index (κ1) is 12.0. The number of hydrogen-bond donors (Lipinski definition) is 2. The van der Waals surface area contributed by atoms with Crippen molar-refractivity contribution in [1.82, 2.24) is 4.57 Å². The van der Waals surface area contributed by atoms with Gasteiger partial charge < -0.3 is 15.6 Å². The second kappa shape index (κ2) is 4.40. The van der Waals surface area contributed by atoms with Gasteiger partial charge in [0.1, 0.15) is 5.69 Å². The number of nitrogens with two attached hydrogens (primary N) is 1. The summed E-state index contributed by atoms with van der Waals surface area (Å²) in [4.78, 5) is 22.9. The molecule has 0 fully saturated rings. The zero-order chi connectivity index (χ0) is 13.3. The van der Waals surface area contributed by atoms with Gasteiger partial charge in [-0.3, -0.25) is 0 Å². The normalized spacial score (nSPS) is 10.5. The van der Waals surface area contributed by atoms with Crippen LogP contribution in [0.1, 0.15) is 17.4 Å². The lowest BCUT2D eigenvalue weighted by molar-refractivity contribution is 0.0682. The van der Waals surface area contributed by atoms with Crippen molar-refractivity contribution >= 4 is 28.7 Å². The Morgan fingerprint density at radius 3 is 2.72 bits per heavy atom. The third-order valence-electron chi connectivity index (χ3n) is 2.50. The number of aromatic nitrogens is 1. The highest BCUT2D eigenvalue weighted by Crippen LogP contribution is 2.22. The highest BCUT2D eigenvalue weighted by atomic mass is 16.5. The summed E-state index contributed by atoms with van der Waals surface area (Å²) in [6.07, 6.45) is -0.713. The van der Waals surface area contributed by atoms with Gasteiger partial charge >= 0.3 is 12.1 Å². The molecule has 2 rings (SSSR count). The molecule has 0 atom stereocenters. The van der Waals surface area contributed by atoms with Gasteiger partial charge in [-0.25, -0.2) is 14.2 Å².